The predicted octanol–water partition coefficient (Wildman–Crippen LogP) is 7.41. The summed E-state index contributed by atoms with van der Waals surface area (Å²) in [6, 6.07) is 21.5. The van der Waals surface area contributed by atoms with Crippen molar-refractivity contribution in [3.63, 3.8) is 0 Å². The molecule has 0 fully saturated rings. The smallest absolute Gasteiger partial charge is 0.264 e. The number of nitrogens with zero attached hydrogens (tertiary/aromatic N) is 4. The van der Waals surface area contributed by atoms with Crippen LogP contribution in [0.15, 0.2) is 77.7 Å². The molecule has 1 amide bonds. The largest absolute Gasteiger partial charge is 0.475 e. The molecule has 49 heavy (non-hydrogen) atoms. The number of aromatic amines is 1. The number of hydrogen-bond acceptors (Lipinski definition) is 7. The third-order valence-corrected chi connectivity index (χ3v) is 10.1. The van der Waals surface area contributed by atoms with E-state index in [1.54, 1.807) is 23.1 Å². The van der Waals surface area contributed by atoms with Gasteiger partial charge in [0.25, 0.3) is 15.9 Å². The summed E-state index contributed by atoms with van der Waals surface area (Å²) in [6.07, 6.45) is 0.613. The molecule has 6 rings (SSSR count). The van der Waals surface area contributed by atoms with Gasteiger partial charge in [-0.1, -0.05) is 69.3 Å². The van der Waals surface area contributed by atoms with Gasteiger partial charge in [0.05, 0.1) is 22.3 Å². The van der Waals surface area contributed by atoms with Crippen molar-refractivity contribution in [1.29, 1.82) is 0 Å². The maximum Gasteiger partial charge on any atom is 0.264 e. The van der Waals surface area contributed by atoms with E-state index in [0.717, 1.165) is 44.8 Å². The van der Waals surface area contributed by atoms with Gasteiger partial charge in [0.2, 0.25) is 11.8 Å². The molecule has 2 N–H and O–H groups in total. The molecule has 0 spiro atoms. The molecular formula is C38H42N6O4S. The maximum absolute atomic E-state index is 14.5. The summed E-state index contributed by atoms with van der Waals surface area (Å²) in [4.78, 5) is 25.3. The lowest BCUT2D eigenvalue weighted by Crippen LogP contribution is -2.45. The Labute approximate surface area is 288 Å². The van der Waals surface area contributed by atoms with Crippen molar-refractivity contribution >= 4 is 21.9 Å². The number of anilines is 1. The molecule has 11 heteroatoms. The Kier molecular flexibility index (Phi) is 9.06. The van der Waals surface area contributed by atoms with Crippen LogP contribution in [0.2, 0.25) is 0 Å². The van der Waals surface area contributed by atoms with Gasteiger partial charge in [-0.15, -0.1) is 0 Å². The summed E-state index contributed by atoms with van der Waals surface area (Å²) >= 11 is 0. The van der Waals surface area contributed by atoms with Gasteiger partial charge in [0.15, 0.2) is 0 Å². The minimum Gasteiger partial charge on any atom is -0.475 e. The van der Waals surface area contributed by atoms with E-state index in [1.165, 1.54) is 12.1 Å². The number of H-pyrrole nitrogens is 1. The van der Waals surface area contributed by atoms with Crippen LogP contribution in [0.25, 0.3) is 22.4 Å². The number of carbonyl (C=O) groups excluding carboxylic acids is 1. The Morgan fingerprint density at radius 2 is 1.57 bits per heavy atom. The highest BCUT2D eigenvalue weighted by Gasteiger charge is 2.31. The first-order valence-electron chi connectivity index (χ1n) is 16.3. The molecule has 0 saturated carbocycles. The second-order valence-electron chi connectivity index (χ2n) is 14.0. The molecule has 254 valence electrons. The van der Waals surface area contributed by atoms with E-state index in [9.17, 15) is 13.2 Å². The monoisotopic (exact) mass is 678 g/mol. The van der Waals surface area contributed by atoms with Crippen molar-refractivity contribution in [1.82, 2.24) is 25.1 Å². The van der Waals surface area contributed by atoms with Crippen LogP contribution in [0.1, 0.15) is 65.6 Å². The van der Waals surface area contributed by atoms with Crippen molar-refractivity contribution in [2.45, 2.75) is 72.4 Å². The molecule has 0 aliphatic carbocycles. The fraction of sp³-hybridized carbons (Fsp3) is 0.316. The number of aromatic nitrogens is 4. The zero-order valence-corrected chi connectivity index (χ0v) is 29.8. The molecule has 4 bridgehead atoms. The lowest BCUT2D eigenvalue weighted by Gasteiger charge is -2.36. The third kappa shape index (κ3) is 7.36. The SMILES string of the molecule is Cc1cccc(C)c1-c1cc2nc(n1)NS(=O)(=O)c1cccc(c1)C(=O)N(Cc1ccc(-c3c(C)n[nH]c3C)cc1)[C@H](CC(C)(C)C)CO2. The molecule has 3 aromatic carbocycles. The number of hydrogen-bond donors (Lipinski definition) is 2. The van der Waals surface area contributed by atoms with Crippen LogP contribution in [-0.2, 0) is 16.6 Å². The number of ether oxygens (including phenoxy) is 1. The topological polar surface area (TPSA) is 130 Å². The van der Waals surface area contributed by atoms with Gasteiger partial charge in [-0.2, -0.15) is 10.1 Å². The van der Waals surface area contributed by atoms with Crippen LogP contribution in [0.4, 0.5) is 5.95 Å². The summed E-state index contributed by atoms with van der Waals surface area (Å²) in [5, 5.41) is 7.38. The molecular weight excluding hydrogens is 637 g/mol. The number of amides is 1. The molecule has 0 unspecified atom stereocenters. The van der Waals surface area contributed by atoms with Crippen LogP contribution in [-0.4, -0.2) is 52.0 Å². The van der Waals surface area contributed by atoms with Crippen LogP contribution in [0.3, 0.4) is 0 Å². The third-order valence-electron chi connectivity index (χ3n) is 8.75. The Hall–Kier alpha value is -5.03. The number of benzene rings is 3. The predicted molar refractivity (Wildman–Crippen MR) is 191 cm³/mol. The normalized spacial score (nSPS) is 16.2. The number of carbonyl (C=O) groups is 1. The average Bonchev–Trinajstić information content (AvgIpc) is 3.38. The highest BCUT2D eigenvalue weighted by molar-refractivity contribution is 7.92. The first kappa shape index (κ1) is 33.9. The summed E-state index contributed by atoms with van der Waals surface area (Å²) in [5.74, 6) is -0.204. The Morgan fingerprint density at radius 1 is 0.878 bits per heavy atom. The van der Waals surface area contributed by atoms with Crippen molar-refractivity contribution in [3.05, 3.63) is 106 Å². The molecule has 1 aliphatic rings. The molecule has 10 nitrogen and oxygen atoms in total. The minimum atomic E-state index is -4.16. The van der Waals surface area contributed by atoms with Gasteiger partial charge in [-0.3, -0.25) is 9.89 Å². The van der Waals surface area contributed by atoms with Gasteiger partial charge in [0, 0.05) is 35.0 Å². The van der Waals surface area contributed by atoms with Gasteiger partial charge >= 0.3 is 0 Å². The van der Waals surface area contributed by atoms with E-state index in [0.29, 0.717) is 12.1 Å². The molecule has 1 atom stereocenters. The highest BCUT2D eigenvalue weighted by atomic mass is 32.2. The fourth-order valence-electron chi connectivity index (χ4n) is 6.50. The van der Waals surface area contributed by atoms with Crippen LogP contribution in [0, 0.1) is 33.1 Å². The standard InChI is InChI=1S/C38H42N6O4S/c1-23-10-8-11-24(2)34(23)32-19-33-40-37(39-32)43-49(46,47)31-13-9-12-29(18-31)36(45)44(30(22-48-33)20-38(5,6)7)21-27-14-16-28(17-15-27)35-25(3)41-42-26(35)4/h8-19,30H,20-22H2,1-7H3,(H,41,42)(H,39,40,43)/t30-/m1/s1. The molecule has 1 aliphatic heterocycles. The Balaban J connectivity index is 1.46. The lowest BCUT2D eigenvalue weighted by molar-refractivity contribution is 0.0513. The van der Waals surface area contributed by atoms with E-state index >= 15 is 0 Å². The molecule has 5 aromatic rings. The second kappa shape index (κ2) is 13.1. The van der Waals surface area contributed by atoms with Gasteiger partial charge < -0.3 is 9.64 Å². The zero-order chi connectivity index (χ0) is 35.1. The van der Waals surface area contributed by atoms with E-state index in [4.69, 9.17) is 4.74 Å². The van der Waals surface area contributed by atoms with E-state index in [-0.39, 0.29) is 52.8 Å². The fourth-order valence-corrected chi connectivity index (χ4v) is 7.49. The van der Waals surface area contributed by atoms with Crippen molar-refractivity contribution in [2.24, 2.45) is 5.41 Å². The number of rotatable bonds is 5. The summed E-state index contributed by atoms with van der Waals surface area (Å²) in [6.45, 7) is 14.7. The Morgan fingerprint density at radius 3 is 2.22 bits per heavy atom. The zero-order valence-electron chi connectivity index (χ0n) is 29.0. The van der Waals surface area contributed by atoms with E-state index < -0.39 is 10.0 Å². The second-order valence-corrected chi connectivity index (χ2v) is 15.7. The lowest BCUT2D eigenvalue weighted by atomic mass is 9.87. The summed E-state index contributed by atoms with van der Waals surface area (Å²) < 4.78 is 36.3. The van der Waals surface area contributed by atoms with Crippen molar-refractivity contribution in [3.8, 4) is 28.3 Å². The first-order chi connectivity index (χ1) is 23.2. The summed E-state index contributed by atoms with van der Waals surface area (Å²) in [7, 11) is -4.16. The Bertz CT molecular complexity index is 2090. The minimum absolute atomic E-state index is 0.0660. The molecule has 0 saturated heterocycles. The number of sulfonamides is 1. The highest BCUT2D eigenvalue weighted by Crippen LogP contribution is 2.32. The first-order valence-corrected chi connectivity index (χ1v) is 17.8. The summed E-state index contributed by atoms with van der Waals surface area (Å²) in [5.41, 5.74) is 8.36. The van der Waals surface area contributed by atoms with Gasteiger partial charge in [0.1, 0.15) is 6.61 Å². The van der Waals surface area contributed by atoms with E-state index in [1.807, 2.05) is 70.2 Å². The van der Waals surface area contributed by atoms with Gasteiger partial charge in [-0.05, 0) is 80.0 Å². The van der Waals surface area contributed by atoms with Crippen molar-refractivity contribution in [2.75, 3.05) is 11.3 Å². The number of nitrogens with one attached hydrogen (secondary N) is 2. The van der Waals surface area contributed by atoms with Crippen LogP contribution >= 0.6 is 0 Å². The molecule has 2 aromatic heterocycles. The van der Waals surface area contributed by atoms with E-state index in [2.05, 4.69) is 45.7 Å². The average molecular weight is 679 g/mol. The van der Waals surface area contributed by atoms with Crippen LogP contribution < -0.4 is 9.46 Å². The number of fused-ring (bicyclic) bond motifs is 4. The molecule has 3 heterocycles. The molecule has 0 radical (unpaired) electrons. The van der Waals surface area contributed by atoms with Crippen LogP contribution in [0.5, 0.6) is 5.88 Å². The maximum atomic E-state index is 14.5. The number of aryl methyl sites for hydroxylation is 4. The van der Waals surface area contributed by atoms with Gasteiger partial charge in [-0.25, -0.2) is 18.1 Å². The van der Waals surface area contributed by atoms with Crippen molar-refractivity contribution < 1.29 is 17.9 Å². The quantitative estimate of drug-likeness (QED) is 0.198.